The SMILES string of the molecule is C(=C\c1cccs1)/c1nc(-c2cccc(CN3CCOCC3)c2)no1. The van der Waals surface area contributed by atoms with Crippen LogP contribution in [0, 0.1) is 0 Å². The molecule has 3 aromatic rings. The number of ether oxygens (including phenoxy) is 1. The lowest BCUT2D eigenvalue weighted by molar-refractivity contribution is 0.0342. The summed E-state index contributed by atoms with van der Waals surface area (Å²) in [6, 6.07) is 12.4. The minimum Gasteiger partial charge on any atom is -0.379 e. The van der Waals surface area contributed by atoms with E-state index in [1.54, 1.807) is 11.3 Å². The highest BCUT2D eigenvalue weighted by Crippen LogP contribution is 2.20. The Morgan fingerprint density at radius 3 is 2.88 bits per heavy atom. The van der Waals surface area contributed by atoms with Gasteiger partial charge in [-0.25, -0.2) is 0 Å². The first-order valence-electron chi connectivity index (χ1n) is 8.31. The van der Waals surface area contributed by atoms with Gasteiger partial charge in [0.15, 0.2) is 0 Å². The smallest absolute Gasteiger partial charge is 0.250 e. The number of nitrogens with zero attached hydrogens (tertiary/aromatic N) is 3. The molecule has 0 N–H and O–H groups in total. The standard InChI is InChI=1S/C19H19N3O2S/c1-3-15(14-22-8-10-23-11-9-22)13-16(4-1)19-20-18(24-21-19)7-6-17-5-2-12-25-17/h1-7,12-13H,8-11,14H2/b7-6+. The van der Waals surface area contributed by atoms with Crippen LogP contribution in [0.15, 0.2) is 46.3 Å². The molecule has 25 heavy (non-hydrogen) atoms. The van der Waals surface area contributed by atoms with Crippen LogP contribution in [0.2, 0.25) is 0 Å². The van der Waals surface area contributed by atoms with Crippen molar-refractivity contribution in [3.8, 4) is 11.4 Å². The van der Waals surface area contributed by atoms with Gasteiger partial charge in [-0.3, -0.25) is 4.90 Å². The lowest BCUT2D eigenvalue weighted by atomic mass is 10.1. The van der Waals surface area contributed by atoms with Crippen LogP contribution in [-0.2, 0) is 11.3 Å². The molecule has 0 unspecified atom stereocenters. The second-order valence-corrected chi connectivity index (χ2v) is 6.87. The highest BCUT2D eigenvalue weighted by atomic mass is 32.1. The molecule has 2 aromatic heterocycles. The Morgan fingerprint density at radius 2 is 2.04 bits per heavy atom. The molecule has 0 radical (unpaired) electrons. The molecule has 0 bridgehead atoms. The van der Waals surface area contributed by atoms with Crippen LogP contribution in [0.5, 0.6) is 0 Å². The van der Waals surface area contributed by atoms with Gasteiger partial charge in [-0.15, -0.1) is 11.3 Å². The molecule has 0 spiro atoms. The van der Waals surface area contributed by atoms with Gasteiger partial charge in [-0.2, -0.15) is 4.98 Å². The van der Waals surface area contributed by atoms with Crippen molar-refractivity contribution in [1.82, 2.24) is 15.0 Å². The van der Waals surface area contributed by atoms with Gasteiger partial charge in [0, 0.05) is 36.2 Å². The van der Waals surface area contributed by atoms with E-state index in [9.17, 15) is 0 Å². The average molecular weight is 353 g/mol. The fourth-order valence-electron chi connectivity index (χ4n) is 2.79. The molecule has 6 heteroatoms. The summed E-state index contributed by atoms with van der Waals surface area (Å²) in [7, 11) is 0. The highest BCUT2D eigenvalue weighted by Gasteiger charge is 2.12. The molecule has 0 amide bonds. The molecule has 1 aromatic carbocycles. The van der Waals surface area contributed by atoms with E-state index in [4.69, 9.17) is 9.26 Å². The number of thiophene rings is 1. The Balaban J connectivity index is 1.47. The maximum atomic E-state index is 5.40. The van der Waals surface area contributed by atoms with Gasteiger partial charge in [0.2, 0.25) is 5.82 Å². The van der Waals surface area contributed by atoms with E-state index >= 15 is 0 Å². The van der Waals surface area contributed by atoms with E-state index in [2.05, 4.69) is 27.2 Å². The van der Waals surface area contributed by atoms with Gasteiger partial charge in [0.1, 0.15) is 0 Å². The van der Waals surface area contributed by atoms with Gasteiger partial charge < -0.3 is 9.26 Å². The monoisotopic (exact) mass is 353 g/mol. The lowest BCUT2D eigenvalue weighted by Gasteiger charge is -2.26. The molecule has 1 saturated heterocycles. The zero-order valence-electron chi connectivity index (χ0n) is 13.8. The van der Waals surface area contributed by atoms with Crippen molar-refractivity contribution in [2.24, 2.45) is 0 Å². The van der Waals surface area contributed by atoms with E-state index in [0.29, 0.717) is 11.7 Å². The number of morpholine rings is 1. The topological polar surface area (TPSA) is 51.4 Å². The molecule has 0 saturated carbocycles. The van der Waals surface area contributed by atoms with Gasteiger partial charge in [0.25, 0.3) is 5.89 Å². The highest BCUT2D eigenvalue weighted by molar-refractivity contribution is 7.10. The molecular formula is C19H19N3O2S. The number of benzene rings is 1. The normalized spacial score (nSPS) is 15.8. The van der Waals surface area contributed by atoms with Gasteiger partial charge in [0.05, 0.1) is 13.2 Å². The minimum absolute atomic E-state index is 0.516. The number of hydrogen-bond donors (Lipinski definition) is 0. The summed E-state index contributed by atoms with van der Waals surface area (Å²) in [5, 5.41) is 6.15. The predicted molar refractivity (Wildman–Crippen MR) is 99.1 cm³/mol. The molecule has 1 fully saturated rings. The average Bonchev–Trinajstić information content (AvgIpc) is 3.33. The molecule has 1 aliphatic rings. The first-order chi connectivity index (χ1) is 12.4. The summed E-state index contributed by atoms with van der Waals surface area (Å²) >= 11 is 1.67. The Hall–Kier alpha value is -2.28. The minimum atomic E-state index is 0.516. The first-order valence-corrected chi connectivity index (χ1v) is 9.19. The molecule has 0 atom stereocenters. The Kier molecular flexibility index (Phi) is 5.01. The fraction of sp³-hybridized carbons (Fsp3) is 0.263. The summed E-state index contributed by atoms with van der Waals surface area (Å²) < 4.78 is 10.7. The molecule has 3 heterocycles. The Morgan fingerprint density at radius 1 is 1.12 bits per heavy atom. The van der Waals surface area contributed by atoms with Crippen LogP contribution in [-0.4, -0.2) is 41.3 Å². The van der Waals surface area contributed by atoms with Gasteiger partial charge >= 0.3 is 0 Å². The Bertz CT molecular complexity index is 836. The van der Waals surface area contributed by atoms with Crippen LogP contribution in [0.4, 0.5) is 0 Å². The summed E-state index contributed by atoms with van der Waals surface area (Å²) in [5.74, 6) is 1.14. The first kappa shape index (κ1) is 16.2. The van der Waals surface area contributed by atoms with Crippen molar-refractivity contribution in [3.63, 3.8) is 0 Å². The predicted octanol–water partition coefficient (Wildman–Crippen LogP) is 3.80. The van der Waals surface area contributed by atoms with E-state index in [-0.39, 0.29) is 0 Å². The largest absolute Gasteiger partial charge is 0.379 e. The van der Waals surface area contributed by atoms with Crippen molar-refractivity contribution in [3.05, 3.63) is 58.1 Å². The van der Waals surface area contributed by atoms with E-state index in [1.165, 1.54) is 5.56 Å². The third-order valence-corrected chi connectivity index (χ3v) is 4.91. The molecule has 4 rings (SSSR count). The maximum Gasteiger partial charge on any atom is 0.250 e. The lowest BCUT2D eigenvalue weighted by Crippen LogP contribution is -2.35. The number of hydrogen-bond acceptors (Lipinski definition) is 6. The van der Waals surface area contributed by atoms with E-state index < -0.39 is 0 Å². The summed E-state index contributed by atoms with van der Waals surface area (Å²) in [5.41, 5.74) is 2.23. The number of aromatic nitrogens is 2. The molecule has 0 aliphatic carbocycles. The summed E-state index contributed by atoms with van der Waals surface area (Å²) in [6.07, 6.45) is 3.83. The second-order valence-electron chi connectivity index (χ2n) is 5.89. The van der Waals surface area contributed by atoms with Crippen molar-refractivity contribution >= 4 is 23.5 Å². The fourth-order valence-corrected chi connectivity index (χ4v) is 3.40. The van der Waals surface area contributed by atoms with Gasteiger partial charge in [-0.05, 0) is 29.2 Å². The maximum absolute atomic E-state index is 5.40. The summed E-state index contributed by atoms with van der Waals surface area (Å²) in [6.45, 7) is 4.49. The number of rotatable bonds is 5. The third kappa shape index (κ3) is 4.22. The Labute approximate surface area is 150 Å². The zero-order valence-corrected chi connectivity index (χ0v) is 14.6. The van der Waals surface area contributed by atoms with E-state index in [1.807, 2.05) is 41.8 Å². The molecular weight excluding hydrogens is 334 g/mol. The molecule has 128 valence electrons. The second kappa shape index (κ2) is 7.74. The van der Waals surface area contributed by atoms with Crippen molar-refractivity contribution in [1.29, 1.82) is 0 Å². The third-order valence-electron chi connectivity index (χ3n) is 4.07. The van der Waals surface area contributed by atoms with E-state index in [0.717, 1.165) is 43.3 Å². The zero-order chi connectivity index (χ0) is 16.9. The van der Waals surface area contributed by atoms with Crippen molar-refractivity contribution in [2.45, 2.75) is 6.54 Å². The van der Waals surface area contributed by atoms with Crippen LogP contribution in [0.1, 0.15) is 16.3 Å². The summed E-state index contributed by atoms with van der Waals surface area (Å²) in [4.78, 5) is 8.03. The van der Waals surface area contributed by atoms with Crippen LogP contribution in [0.25, 0.3) is 23.5 Å². The molecule has 5 nitrogen and oxygen atoms in total. The van der Waals surface area contributed by atoms with Crippen molar-refractivity contribution < 1.29 is 9.26 Å². The van der Waals surface area contributed by atoms with Crippen LogP contribution in [0.3, 0.4) is 0 Å². The molecule has 1 aliphatic heterocycles. The van der Waals surface area contributed by atoms with Gasteiger partial charge in [-0.1, -0.05) is 29.4 Å². The van der Waals surface area contributed by atoms with Crippen LogP contribution < -0.4 is 0 Å². The van der Waals surface area contributed by atoms with Crippen LogP contribution >= 0.6 is 11.3 Å². The van der Waals surface area contributed by atoms with Crippen molar-refractivity contribution in [2.75, 3.05) is 26.3 Å². The quantitative estimate of drug-likeness (QED) is 0.698.